The number of hydrogen-bond donors (Lipinski definition) is 1. The molecule has 2 aromatic heterocycles. The summed E-state index contributed by atoms with van der Waals surface area (Å²) in [7, 11) is 0. The number of thiazole rings is 1. The van der Waals surface area contributed by atoms with Gasteiger partial charge in [0.05, 0.1) is 17.8 Å². The van der Waals surface area contributed by atoms with Crippen LogP contribution in [0.1, 0.15) is 25.0 Å². The van der Waals surface area contributed by atoms with Crippen LogP contribution in [-0.4, -0.2) is 45.9 Å². The Labute approximate surface area is 139 Å². The first-order valence-electron chi connectivity index (χ1n) is 8.17. The number of carbonyl (C=O) groups is 1. The zero-order valence-electron chi connectivity index (χ0n) is 12.9. The minimum absolute atomic E-state index is 0.192. The topological polar surface area (TPSA) is 58.1 Å². The summed E-state index contributed by atoms with van der Waals surface area (Å²) in [6.07, 6.45) is 5.67. The summed E-state index contributed by atoms with van der Waals surface area (Å²) in [5, 5.41) is 6.47. The third kappa shape index (κ3) is 3.28. The molecule has 1 N–H and O–H groups in total. The fraction of sp³-hybridized carbons (Fsp3) is 0.471. The van der Waals surface area contributed by atoms with Gasteiger partial charge in [-0.2, -0.15) is 0 Å². The molecule has 5 nitrogen and oxygen atoms in total. The molecule has 6 heteroatoms. The summed E-state index contributed by atoms with van der Waals surface area (Å²) < 4.78 is 0. The molecule has 4 heterocycles. The predicted molar refractivity (Wildman–Crippen MR) is 90.2 cm³/mol. The molecule has 2 saturated heterocycles. The van der Waals surface area contributed by atoms with Gasteiger partial charge in [-0.05, 0) is 31.4 Å². The average Bonchev–Trinajstić information content (AvgIpc) is 3.14. The second-order valence-corrected chi connectivity index (χ2v) is 7.16. The standard InChI is InChI=1S/C17H20N4OS/c22-16(21-8-6-12-4-5-13(10-21)19-12)9-14-11-23-17(20-14)15-3-1-2-7-18-15/h1-3,7,11-13,19H,4-6,8-10H2. The Morgan fingerprint density at radius 1 is 1.30 bits per heavy atom. The molecule has 0 aliphatic carbocycles. The minimum Gasteiger partial charge on any atom is -0.341 e. The number of aromatic nitrogens is 2. The first-order valence-corrected chi connectivity index (χ1v) is 9.05. The third-order valence-electron chi connectivity index (χ3n) is 4.64. The first kappa shape index (κ1) is 14.8. The van der Waals surface area contributed by atoms with E-state index in [0.29, 0.717) is 18.5 Å². The highest BCUT2D eigenvalue weighted by atomic mass is 32.1. The quantitative estimate of drug-likeness (QED) is 0.937. The summed E-state index contributed by atoms with van der Waals surface area (Å²) in [6, 6.07) is 6.87. The van der Waals surface area contributed by atoms with E-state index in [9.17, 15) is 4.79 Å². The summed E-state index contributed by atoms with van der Waals surface area (Å²) in [5.74, 6) is 0.192. The van der Waals surface area contributed by atoms with Crippen molar-refractivity contribution in [2.24, 2.45) is 0 Å². The maximum absolute atomic E-state index is 12.6. The molecule has 2 unspecified atom stereocenters. The van der Waals surface area contributed by atoms with Crippen molar-refractivity contribution < 1.29 is 4.79 Å². The van der Waals surface area contributed by atoms with Crippen LogP contribution < -0.4 is 5.32 Å². The van der Waals surface area contributed by atoms with Crippen LogP contribution >= 0.6 is 11.3 Å². The van der Waals surface area contributed by atoms with Gasteiger partial charge in [-0.15, -0.1) is 11.3 Å². The molecular weight excluding hydrogens is 308 g/mol. The molecule has 0 spiro atoms. The number of fused-ring (bicyclic) bond motifs is 2. The van der Waals surface area contributed by atoms with Crippen molar-refractivity contribution >= 4 is 17.2 Å². The molecule has 0 aromatic carbocycles. The third-order valence-corrected chi connectivity index (χ3v) is 5.56. The Morgan fingerprint density at radius 3 is 3.09 bits per heavy atom. The lowest BCUT2D eigenvalue weighted by Gasteiger charge is -2.24. The van der Waals surface area contributed by atoms with Crippen molar-refractivity contribution in [3.63, 3.8) is 0 Å². The second kappa shape index (κ2) is 6.37. The van der Waals surface area contributed by atoms with Gasteiger partial charge in [0, 0.05) is 36.8 Å². The van der Waals surface area contributed by atoms with E-state index in [2.05, 4.69) is 15.3 Å². The highest BCUT2D eigenvalue weighted by molar-refractivity contribution is 7.13. The Morgan fingerprint density at radius 2 is 2.22 bits per heavy atom. The van der Waals surface area contributed by atoms with Crippen LogP contribution in [0.5, 0.6) is 0 Å². The van der Waals surface area contributed by atoms with Crippen LogP contribution in [0.15, 0.2) is 29.8 Å². The van der Waals surface area contributed by atoms with Crippen LogP contribution in [0.4, 0.5) is 0 Å². The van der Waals surface area contributed by atoms with Crippen LogP contribution in [0.2, 0.25) is 0 Å². The Bertz CT molecular complexity index is 687. The van der Waals surface area contributed by atoms with E-state index in [1.807, 2.05) is 28.5 Å². The fourth-order valence-corrected chi connectivity index (χ4v) is 4.23. The lowest BCUT2D eigenvalue weighted by molar-refractivity contribution is -0.130. The van der Waals surface area contributed by atoms with Gasteiger partial charge < -0.3 is 10.2 Å². The number of rotatable bonds is 3. The highest BCUT2D eigenvalue weighted by Crippen LogP contribution is 2.23. The second-order valence-electron chi connectivity index (χ2n) is 6.30. The van der Waals surface area contributed by atoms with Crippen LogP contribution in [0.25, 0.3) is 10.7 Å². The van der Waals surface area contributed by atoms with Gasteiger partial charge in [-0.1, -0.05) is 6.07 Å². The van der Waals surface area contributed by atoms with Gasteiger partial charge in [0.25, 0.3) is 0 Å². The molecule has 2 aliphatic heterocycles. The lowest BCUT2D eigenvalue weighted by atomic mass is 10.1. The molecule has 2 aromatic rings. The van der Waals surface area contributed by atoms with Crippen LogP contribution in [0.3, 0.4) is 0 Å². The Hall–Kier alpha value is -1.79. The maximum atomic E-state index is 12.6. The highest BCUT2D eigenvalue weighted by Gasteiger charge is 2.31. The monoisotopic (exact) mass is 328 g/mol. The smallest absolute Gasteiger partial charge is 0.228 e. The summed E-state index contributed by atoms with van der Waals surface area (Å²) in [5.41, 5.74) is 1.72. The molecule has 2 bridgehead atoms. The van der Waals surface area contributed by atoms with Crippen molar-refractivity contribution in [1.82, 2.24) is 20.2 Å². The van der Waals surface area contributed by atoms with Crippen LogP contribution in [-0.2, 0) is 11.2 Å². The SMILES string of the molecule is O=C(Cc1csc(-c2ccccn2)n1)N1CCC2CCC(C1)N2. The number of pyridine rings is 1. The molecule has 120 valence electrons. The lowest BCUT2D eigenvalue weighted by Crippen LogP contribution is -2.39. The van der Waals surface area contributed by atoms with Gasteiger partial charge in [0.15, 0.2) is 0 Å². The molecule has 1 amide bonds. The largest absolute Gasteiger partial charge is 0.341 e. The van der Waals surface area contributed by atoms with E-state index in [4.69, 9.17) is 0 Å². The molecule has 0 radical (unpaired) electrons. The van der Waals surface area contributed by atoms with Gasteiger partial charge in [-0.3, -0.25) is 9.78 Å². The molecule has 2 aliphatic rings. The van der Waals surface area contributed by atoms with Gasteiger partial charge in [0.2, 0.25) is 5.91 Å². The van der Waals surface area contributed by atoms with Gasteiger partial charge in [-0.25, -0.2) is 4.98 Å². The van der Waals surface area contributed by atoms with Crippen LogP contribution in [0, 0.1) is 0 Å². The minimum atomic E-state index is 0.192. The van der Waals surface area contributed by atoms with Crippen molar-refractivity contribution in [1.29, 1.82) is 0 Å². The molecular formula is C17H20N4OS. The van der Waals surface area contributed by atoms with E-state index >= 15 is 0 Å². The van der Waals surface area contributed by atoms with Gasteiger partial charge >= 0.3 is 0 Å². The number of nitrogens with zero attached hydrogens (tertiary/aromatic N) is 3. The van der Waals surface area contributed by atoms with Crippen molar-refractivity contribution in [2.45, 2.75) is 37.8 Å². The molecule has 2 atom stereocenters. The van der Waals surface area contributed by atoms with Crippen molar-refractivity contribution in [2.75, 3.05) is 13.1 Å². The number of likely N-dealkylation sites (tertiary alicyclic amines) is 1. The van der Waals surface area contributed by atoms with E-state index in [1.54, 1.807) is 17.5 Å². The molecule has 2 fully saturated rings. The van der Waals surface area contributed by atoms with E-state index in [0.717, 1.165) is 35.9 Å². The number of nitrogens with one attached hydrogen (secondary N) is 1. The predicted octanol–water partition coefficient (Wildman–Crippen LogP) is 2.10. The van der Waals surface area contributed by atoms with Gasteiger partial charge in [0.1, 0.15) is 5.01 Å². The number of amides is 1. The van der Waals surface area contributed by atoms with E-state index < -0.39 is 0 Å². The average molecular weight is 328 g/mol. The molecule has 0 saturated carbocycles. The zero-order chi connectivity index (χ0) is 15.6. The summed E-state index contributed by atoms with van der Waals surface area (Å²) >= 11 is 1.55. The maximum Gasteiger partial charge on any atom is 0.228 e. The Balaban J connectivity index is 1.42. The molecule has 4 rings (SSSR count). The first-order chi connectivity index (χ1) is 11.3. The number of hydrogen-bond acceptors (Lipinski definition) is 5. The zero-order valence-corrected chi connectivity index (χ0v) is 13.8. The van der Waals surface area contributed by atoms with Crippen molar-refractivity contribution in [3.05, 3.63) is 35.5 Å². The summed E-state index contributed by atoms with van der Waals surface area (Å²) in [6.45, 7) is 1.71. The Kier molecular flexibility index (Phi) is 4.10. The normalized spacial score (nSPS) is 23.7. The van der Waals surface area contributed by atoms with Crippen molar-refractivity contribution in [3.8, 4) is 10.7 Å². The van der Waals surface area contributed by atoms with E-state index in [1.165, 1.54) is 12.8 Å². The summed E-state index contributed by atoms with van der Waals surface area (Å²) in [4.78, 5) is 23.5. The molecule has 23 heavy (non-hydrogen) atoms. The van der Waals surface area contributed by atoms with E-state index in [-0.39, 0.29) is 5.91 Å². The number of carbonyl (C=O) groups excluding carboxylic acids is 1. The fourth-order valence-electron chi connectivity index (χ4n) is 3.43.